The lowest BCUT2D eigenvalue weighted by Crippen LogP contribution is -2.16. The van der Waals surface area contributed by atoms with E-state index in [0.29, 0.717) is 0 Å². The lowest BCUT2D eigenvalue weighted by molar-refractivity contribution is 0.522. The normalized spacial score (nSPS) is 11.1. The van der Waals surface area contributed by atoms with Gasteiger partial charge in [-0.15, -0.1) is 0 Å². The number of aryl methyl sites for hydroxylation is 9. The molecule has 0 spiro atoms. The van der Waals surface area contributed by atoms with Crippen molar-refractivity contribution < 1.29 is 0 Å². The summed E-state index contributed by atoms with van der Waals surface area (Å²) in [5, 5.41) is 21.6. The molecule has 0 amide bonds. The Morgan fingerprint density at radius 1 is 0.450 bits per heavy atom. The maximum Gasteiger partial charge on any atom is 0.0706 e. The summed E-state index contributed by atoms with van der Waals surface area (Å²) in [5.74, 6) is 0. The van der Waals surface area contributed by atoms with Crippen LogP contribution in [-0.2, 0) is 62.3 Å². The average molecular weight is 841 g/mol. The third-order valence-electron chi connectivity index (χ3n) is 9.24. The van der Waals surface area contributed by atoms with Crippen LogP contribution in [0.4, 0.5) is 0 Å². The van der Waals surface area contributed by atoms with Gasteiger partial charge in [0.15, 0.2) is 0 Å². The standard InChI is InChI=1S/5C9H16N2.5CH4/c1-7-8(9(2,3)4)6-11(5)10-7;1-7-8(9(2,3)4)6-10-11(7)5;1-7-6-11(5)10-8(7)9(2,3)4;1-7-6-8(9(2,3)4)10-11(7)5;1-7-6-8(9(2,3)4)11(5)10-7;;;;;/h5*6H,1-5H3;5*1H4. The summed E-state index contributed by atoms with van der Waals surface area (Å²) in [5.41, 5.74) is 13.3. The zero-order chi connectivity index (χ0) is 43.2. The maximum absolute atomic E-state index is 4.40. The van der Waals surface area contributed by atoms with Crippen LogP contribution in [0.1, 0.15) is 198 Å². The Labute approximate surface area is 373 Å². The second-order valence-corrected chi connectivity index (χ2v) is 20.2. The van der Waals surface area contributed by atoms with Gasteiger partial charge in [0.2, 0.25) is 0 Å². The molecule has 350 valence electrons. The fourth-order valence-corrected chi connectivity index (χ4v) is 6.16. The van der Waals surface area contributed by atoms with Crippen LogP contribution in [-0.4, -0.2) is 48.9 Å². The number of hydrogen-bond acceptors (Lipinski definition) is 5. The Morgan fingerprint density at radius 3 is 1.08 bits per heavy atom. The predicted molar refractivity (Wildman–Crippen MR) is 267 cm³/mol. The maximum atomic E-state index is 4.40. The van der Waals surface area contributed by atoms with Gasteiger partial charge in [0.05, 0.1) is 29.0 Å². The van der Waals surface area contributed by atoms with E-state index >= 15 is 0 Å². The first-order valence-electron chi connectivity index (χ1n) is 19.6. The zero-order valence-corrected chi connectivity index (χ0v) is 39.9. The molecule has 5 rings (SSSR count). The van der Waals surface area contributed by atoms with Crippen LogP contribution in [0.5, 0.6) is 0 Å². The highest BCUT2D eigenvalue weighted by Gasteiger charge is 2.21. The van der Waals surface area contributed by atoms with Crippen LogP contribution in [0.2, 0.25) is 0 Å². The molecule has 10 nitrogen and oxygen atoms in total. The van der Waals surface area contributed by atoms with Crippen molar-refractivity contribution in [3.05, 3.63) is 87.3 Å². The number of aromatic nitrogens is 10. The van der Waals surface area contributed by atoms with Gasteiger partial charge in [-0.05, 0) is 74.3 Å². The van der Waals surface area contributed by atoms with Crippen LogP contribution >= 0.6 is 0 Å². The molecule has 10 heteroatoms. The topological polar surface area (TPSA) is 89.1 Å². The predicted octanol–water partition coefficient (Wildman–Crippen LogP) is 13.3. The van der Waals surface area contributed by atoms with Crippen molar-refractivity contribution in [2.45, 2.75) is 203 Å². The summed E-state index contributed by atoms with van der Waals surface area (Å²) in [4.78, 5) is 0. The molecule has 0 aliphatic carbocycles. The molecule has 0 saturated heterocycles. The van der Waals surface area contributed by atoms with Crippen LogP contribution in [0.15, 0.2) is 30.7 Å². The van der Waals surface area contributed by atoms with Gasteiger partial charge in [0.1, 0.15) is 0 Å². The van der Waals surface area contributed by atoms with Crippen LogP contribution < -0.4 is 0 Å². The van der Waals surface area contributed by atoms with Gasteiger partial charge in [-0.25, -0.2) is 0 Å². The Hall–Kier alpha value is -3.95. The Balaban J connectivity index is -0.000000206. The summed E-state index contributed by atoms with van der Waals surface area (Å²) in [6.07, 6.45) is 6.10. The van der Waals surface area contributed by atoms with Gasteiger partial charge in [0, 0.05) is 81.0 Å². The van der Waals surface area contributed by atoms with E-state index in [2.05, 4.69) is 182 Å². The average Bonchev–Trinajstić information content (AvgIpc) is 3.78. The van der Waals surface area contributed by atoms with E-state index in [9.17, 15) is 0 Å². The molecular formula is C50H100N10. The fraction of sp³-hybridized carbons (Fsp3) is 0.700. The quantitative estimate of drug-likeness (QED) is 0.155. The monoisotopic (exact) mass is 841 g/mol. The lowest BCUT2D eigenvalue weighted by atomic mass is 9.88. The molecule has 0 unspecified atom stereocenters. The SMILES string of the molecule is C.C.C.C.C.Cc1c(C(C)(C)C)cnn1C.Cc1cc(C(C)(C)C)n(C)n1.Cc1cc(C(C)(C)C)nn1C.Cc1cn(C)nc1C(C)(C)C.Cc1nn(C)cc1C(C)(C)C. The first-order chi connectivity index (χ1) is 24.6. The Kier molecular flexibility index (Phi) is 26.6. The van der Waals surface area contributed by atoms with E-state index in [0.717, 1.165) is 17.1 Å². The second-order valence-electron chi connectivity index (χ2n) is 20.2. The van der Waals surface area contributed by atoms with Crippen molar-refractivity contribution >= 4 is 0 Å². The van der Waals surface area contributed by atoms with Crippen LogP contribution in [0, 0.1) is 34.6 Å². The Bertz CT molecular complexity index is 1750. The van der Waals surface area contributed by atoms with Crippen molar-refractivity contribution in [3.63, 3.8) is 0 Å². The van der Waals surface area contributed by atoms with Crippen molar-refractivity contribution in [3.8, 4) is 0 Å². The van der Waals surface area contributed by atoms with Crippen molar-refractivity contribution in [2.24, 2.45) is 35.2 Å². The summed E-state index contributed by atoms with van der Waals surface area (Å²) in [6, 6.07) is 4.28. The van der Waals surface area contributed by atoms with Gasteiger partial charge < -0.3 is 0 Å². The first-order valence-corrected chi connectivity index (χ1v) is 19.6. The fourth-order valence-electron chi connectivity index (χ4n) is 6.16. The molecule has 5 aromatic rings. The van der Waals surface area contributed by atoms with Crippen molar-refractivity contribution in [2.75, 3.05) is 0 Å². The molecule has 0 saturated carbocycles. The summed E-state index contributed by atoms with van der Waals surface area (Å²) < 4.78 is 9.53. The molecule has 0 aromatic carbocycles. The van der Waals surface area contributed by atoms with Gasteiger partial charge in [-0.3, -0.25) is 23.4 Å². The lowest BCUT2D eigenvalue weighted by Gasteiger charge is -2.17. The van der Waals surface area contributed by atoms with Gasteiger partial charge in [0.25, 0.3) is 0 Å². The van der Waals surface area contributed by atoms with E-state index in [1.54, 1.807) is 0 Å². The summed E-state index contributed by atoms with van der Waals surface area (Å²) in [7, 11) is 9.87. The highest BCUT2D eigenvalue weighted by molar-refractivity contribution is 5.25. The molecule has 0 aliphatic rings. The van der Waals surface area contributed by atoms with E-state index in [1.807, 2.05) is 71.8 Å². The molecule has 60 heavy (non-hydrogen) atoms. The van der Waals surface area contributed by atoms with E-state index in [4.69, 9.17) is 0 Å². The van der Waals surface area contributed by atoms with Gasteiger partial charge in [-0.2, -0.15) is 25.5 Å². The van der Waals surface area contributed by atoms with E-state index in [-0.39, 0.29) is 64.2 Å². The third kappa shape index (κ3) is 20.1. The van der Waals surface area contributed by atoms with Crippen molar-refractivity contribution in [1.82, 2.24) is 48.9 Å². The molecule has 0 aliphatic heterocycles. The second kappa shape index (κ2) is 24.5. The smallest absolute Gasteiger partial charge is 0.0706 e. The number of rotatable bonds is 0. The van der Waals surface area contributed by atoms with Gasteiger partial charge >= 0.3 is 0 Å². The first kappa shape index (κ1) is 65.2. The molecule has 0 atom stereocenters. The third-order valence-corrected chi connectivity index (χ3v) is 9.24. The minimum absolute atomic E-state index is 0. The van der Waals surface area contributed by atoms with Gasteiger partial charge in [-0.1, -0.05) is 141 Å². The van der Waals surface area contributed by atoms with E-state index < -0.39 is 0 Å². The molecule has 0 N–H and O–H groups in total. The summed E-state index contributed by atoms with van der Waals surface area (Å²) in [6.45, 7) is 43.3. The highest BCUT2D eigenvalue weighted by Crippen LogP contribution is 2.26. The minimum Gasteiger partial charge on any atom is -0.275 e. The highest BCUT2D eigenvalue weighted by atomic mass is 15.3. The van der Waals surface area contributed by atoms with Crippen LogP contribution in [0.3, 0.4) is 0 Å². The molecular weight excluding hydrogens is 741 g/mol. The molecule has 0 radical (unpaired) electrons. The summed E-state index contributed by atoms with van der Waals surface area (Å²) >= 11 is 0. The molecule has 5 aromatic heterocycles. The van der Waals surface area contributed by atoms with Crippen molar-refractivity contribution in [1.29, 1.82) is 0 Å². The number of nitrogens with zero attached hydrogens (tertiary/aromatic N) is 10. The zero-order valence-electron chi connectivity index (χ0n) is 39.9. The molecule has 0 fully saturated rings. The van der Waals surface area contributed by atoms with Crippen LogP contribution in [0.25, 0.3) is 0 Å². The molecule has 0 bridgehead atoms. The minimum atomic E-state index is 0. The van der Waals surface area contributed by atoms with E-state index in [1.165, 1.54) is 39.5 Å². The number of hydrogen-bond donors (Lipinski definition) is 0. The largest absolute Gasteiger partial charge is 0.275 e. The molecule has 5 heterocycles. The Morgan fingerprint density at radius 2 is 0.917 bits per heavy atom.